The monoisotopic (exact) mass is 473 g/mol. The van der Waals surface area contributed by atoms with Gasteiger partial charge in [0.05, 0.1) is 25.8 Å². The summed E-state index contributed by atoms with van der Waals surface area (Å²) in [6, 6.07) is 8.16. The summed E-state index contributed by atoms with van der Waals surface area (Å²) >= 11 is 3.53. The maximum absolute atomic E-state index is 13.3. The molecule has 0 saturated carbocycles. The van der Waals surface area contributed by atoms with E-state index in [-0.39, 0.29) is 11.9 Å². The fourth-order valence-corrected chi connectivity index (χ4v) is 3.95. The smallest absolute Gasteiger partial charge is 0.319 e. The molecule has 158 valence electrons. The van der Waals surface area contributed by atoms with Gasteiger partial charge in [-0.2, -0.15) is 0 Å². The third-order valence-electron chi connectivity index (χ3n) is 5.18. The van der Waals surface area contributed by atoms with Crippen molar-refractivity contribution >= 4 is 33.6 Å². The third-order valence-corrected chi connectivity index (χ3v) is 5.87. The lowest BCUT2D eigenvalue weighted by Gasteiger charge is -2.30. The molecule has 3 rings (SSSR count). The van der Waals surface area contributed by atoms with Crippen molar-refractivity contribution in [2.75, 3.05) is 19.5 Å². The highest BCUT2D eigenvalue weighted by atomic mass is 79.9. The highest BCUT2D eigenvalue weighted by molar-refractivity contribution is 9.10. The van der Waals surface area contributed by atoms with E-state index in [2.05, 4.69) is 31.9 Å². The predicted octanol–water partition coefficient (Wildman–Crippen LogP) is 4.35. The van der Waals surface area contributed by atoms with Crippen molar-refractivity contribution in [2.24, 2.45) is 0 Å². The Hall–Kier alpha value is -3.00. The number of methoxy groups -OCH3 is 2. The summed E-state index contributed by atoms with van der Waals surface area (Å²) < 4.78 is 11.4. The first-order valence-corrected chi connectivity index (χ1v) is 10.1. The number of aryl methyl sites for hydroxylation is 1. The summed E-state index contributed by atoms with van der Waals surface area (Å²) in [5, 5.41) is 8.51. The number of hydrogen-bond donors (Lipinski definition) is 3. The zero-order valence-corrected chi connectivity index (χ0v) is 19.1. The van der Waals surface area contributed by atoms with Crippen LogP contribution >= 0.6 is 15.9 Å². The molecule has 0 saturated heterocycles. The predicted molar refractivity (Wildman–Crippen MR) is 119 cm³/mol. The summed E-state index contributed by atoms with van der Waals surface area (Å²) in [7, 11) is 3.08. The number of nitrogens with one attached hydrogen (secondary N) is 3. The van der Waals surface area contributed by atoms with E-state index in [1.54, 1.807) is 26.2 Å². The molecule has 2 aromatic carbocycles. The summed E-state index contributed by atoms with van der Waals surface area (Å²) in [5.74, 6) is 0.728. The van der Waals surface area contributed by atoms with Crippen molar-refractivity contribution in [3.63, 3.8) is 0 Å². The van der Waals surface area contributed by atoms with Gasteiger partial charge >= 0.3 is 6.03 Å². The SMILES string of the molecule is COc1cc(Br)c([C@H]2NC(=O)NC(C)=C2C(=O)Nc2cccc(C)c2C)cc1OC. The van der Waals surface area contributed by atoms with Crippen LogP contribution in [0, 0.1) is 13.8 Å². The highest BCUT2D eigenvalue weighted by Gasteiger charge is 2.33. The van der Waals surface area contributed by atoms with Crippen LogP contribution in [0.15, 0.2) is 46.1 Å². The fourth-order valence-electron chi connectivity index (χ4n) is 3.40. The van der Waals surface area contributed by atoms with E-state index in [1.165, 1.54) is 7.11 Å². The zero-order valence-electron chi connectivity index (χ0n) is 17.5. The van der Waals surface area contributed by atoms with Crippen LogP contribution in [0.2, 0.25) is 0 Å². The van der Waals surface area contributed by atoms with Crippen molar-refractivity contribution in [1.29, 1.82) is 0 Å². The van der Waals surface area contributed by atoms with E-state index < -0.39 is 6.04 Å². The van der Waals surface area contributed by atoms with Crippen LogP contribution < -0.4 is 25.4 Å². The lowest BCUT2D eigenvalue weighted by Crippen LogP contribution is -2.46. The number of ether oxygens (including phenoxy) is 2. The Bertz CT molecular complexity index is 1050. The van der Waals surface area contributed by atoms with Crippen molar-refractivity contribution in [3.05, 3.63) is 62.8 Å². The molecule has 8 heteroatoms. The van der Waals surface area contributed by atoms with Gasteiger partial charge in [-0.25, -0.2) is 4.79 Å². The van der Waals surface area contributed by atoms with E-state index in [4.69, 9.17) is 9.47 Å². The van der Waals surface area contributed by atoms with Gasteiger partial charge in [0, 0.05) is 15.9 Å². The van der Waals surface area contributed by atoms with Gasteiger partial charge in [-0.05, 0) is 55.7 Å². The minimum atomic E-state index is -0.682. The molecule has 0 aromatic heterocycles. The van der Waals surface area contributed by atoms with E-state index >= 15 is 0 Å². The number of amides is 3. The fraction of sp³-hybridized carbons (Fsp3) is 0.273. The second-order valence-corrected chi connectivity index (χ2v) is 7.85. The number of urea groups is 1. The summed E-state index contributed by atoms with van der Waals surface area (Å²) in [6.45, 7) is 5.65. The minimum Gasteiger partial charge on any atom is -0.493 e. The van der Waals surface area contributed by atoms with Crippen LogP contribution in [-0.4, -0.2) is 26.2 Å². The van der Waals surface area contributed by atoms with Gasteiger partial charge < -0.3 is 25.4 Å². The number of rotatable bonds is 5. The highest BCUT2D eigenvalue weighted by Crippen LogP contribution is 2.39. The first-order valence-electron chi connectivity index (χ1n) is 9.34. The molecule has 3 amide bonds. The van der Waals surface area contributed by atoms with E-state index in [9.17, 15) is 9.59 Å². The maximum Gasteiger partial charge on any atom is 0.319 e. The molecular weight excluding hydrogens is 450 g/mol. The topological polar surface area (TPSA) is 88.7 Å². The lowest BCUT2D eigenvalue weighted by molar-refractivity contribution is -0.113. The third kappa shape index (κ3) is 4.14. The van der Waals surface area contributed by atoms with Gasteiger partial charge in [-0.15, -0.1) is 0 Å². The Labute approximate surface area is 184 Å². The van der Waals surface area contributed by atoms with Crippen molar-refractivity contribution in [3.8, 4) is 11.5 Å². The molecule has 0 unspecified atom stereocenters. The van der Waals surface area contributed by atoms with Gasteiger partial charge in [0.25, 0.3) is 5.91 Å². The van der Waals surface area contributed by atoms with E-state index in [0.717, 1.165) is 16.8 Å². The molecule has 0 bridgehead atoms. The summed E-state index contributed by atoms with van der Waals surface area (Å²) in [5.41, 5.74) is 4.35. The maximum atomic E-state index is 13.3. The molecule has 0 radical (unpaired) electrons. The Morgan fingerprint density at radius 2 is 1.77 bits per heavy atom. The quantitative estimate of drug-likeness (QED) is 0.602. The average molecular weight is 474 g/mol. The van der Waals surface area contributed by atoms with Crippen molar-refractivity contribution in [2.45, 2.75) is 26.8 Å². The normalized spacial score (nSPS) is 15.9. The molecule has 3 N–H and O–H groups in total. The summed E-state index contributed by atoms with van der Waals surface area (Å²) in [4.78, 5) is 25.5. The molecule has 0 spiro atoms. The molecule has 7 nitrogen and oxygen atoms in total. The lowest BCUT2D eigenvalue weighted by atomic mass is 9.94. The molecule has 2 aromatic rings. The first-order chi connectivity index (χ1) is 14.3. The van der Waals surface area contributed by atoms with E-state index in [1.807, 2.05) is 32.0 Å². The second-order valence-electron chi connectivity index (χ2n) is 7.00. The van der Waals surface area contributed by atoms with Crippen molar-refractivity contribution < 1.29 is 19.1 Å². The number of hydrogen-bond acceptors (Lipinski definition) is 4. The molecule has 1 aliphatic rings. The molecule has 1 heterocycles. The Morgan fingerprint density at radius 1 is 1.10 bits per heavy atom. The molecule has 1 aliphatic heterocycles. The van der Waals surface area contributed by atoms with Crippen LogP contribution in [0.3, 0.4) is 0 Å². The van der Waals surface area contributed by atoms with Gasteiger partial charge in [-0.3, -0.25) is 4.79 Å². The first kappa shape index (κ1) is 21.7. The standard InChI is InChI=1S/C22H24BrN3O4/c1-11-7-6-8-16(12(11)2)25-21(27)19-13(3)24-22(28)26-20(19)14-9-17(29-4)18(30-5)10-15(14)23/h6-10,20H,1-5H3,(H,25,27)(H2,24,26,28)/t20-/m1/s1. The Balaban J connectivity index is 2.05. The van der Waals surface area contributed by atoms with E-state index in [0.29, 0.717) is 32.8 Å². The number of halogens is 1. The van der Waals surface area contributed by atoms with Crippen LogP contribution in [0.4, 0.5) is 10.5 Å². The number of allylic oxidation sites excluding steroid dienone is 1. The zero-order chi connectivity index (χ0) is 22.0. The number of carbonyl (C=O) groups is 2. The van der Waals surface area contributed by atoms with Crippen LogP contribution in [0.5, 0.6) is 11.5 Å². The molecule has 1 atom stereocenters. The van der Waals surface area contributed by atoms with Gasteiger partial charge in [0.2, 0.25) is 0 Å². The molecule has 0 fully saturated rings. The number of anilines is 1. The van der Waals surface area contributed by atoms with Crippen molar-refractivity contribution in [1.82, 2.24) is 10.6 Å². The minimum absolute atomic E-state index is 0.305. The van der Waals surface area contributed by atoms with Crippen LogP contribution in [-0.2, 0) is 4.79 Å². The van der Waals surface area contributed by atoms with Gasteiger partial charge in [-0.1, -0.05) is 28.1 Å². The second kappa shape index (κ2) is 8.79. The van der Waals surface area contributed by atoms with Gasteiger partial charge in [0.1, 0.15) is 0 Å². The van der Waals surface area contributed by atoms with Gasteiger partial charge in [0.15, 0.2) is 11.5 Å². The number of benzene rings is 2. The van der Waals surface area contributed by atoms with Crippen LogP contribution in [0.1, 0.15) is 29.7 Å². The largest absolute Gasteiger partial charge is 0.493 e. The molecule has 0 aliphatic carbocycles. The number of carbonyl (C=O) groups excluding carboxylic acids is 2. The summed E-state index contributed by atoms with van der Waals surface area (Å²) in [6.07, 6.45) is 0. The Morgan fingerprint density at radius 3 is 2.43 bits per heavy atom. The Kier molecular flexibility index (Phi) is 6.36. The molecule has 30 heavy (non-hydrogen) atoms. The van der Waals surface area contributed by atoms with Crippen LogP contribution in [0.25, 0.3) is 0 Å². The average Bonchev–Trinajstić information content (AvgIpc) is 2.70. The molecular formula is C22H24BrN3O4.